The summed E-state index contributed by atoms with van der Waals surface area (Å²) < 4.78 is 1.06. The van der Waals surface area contributed by atoms with Crippen molar-refractivity contribution in [3.8, 4) is 0 Å². The smallest absolute Gasteiger partial charge is 0.275 e. The largest absolute Gasteiger partial charge is 0.345 e. The molecule has 1 atom stereocenters. The van der Waals surface area contributed by atoms with Gasteiger partial charge in [-0.3, -0.25) is 4.79 Å². The molecule has 20 heavy (non-hydrogen) atoms. The highest BCUT2D eigenvalue weighted by Gasteiger charge is 2.21. The molecule has 2 N–H and O–H groups in total. The van der Waals surface area contributed by atoms with E-state index in [2.05, 4.69) is 28.2 Å². The van der Waals surface area contributed by atoms with Crippen LogP contribution in [0.25, 0.3) is 0 Å². The van der Waals surface area contributed by atoms with Gasteiger partial charge in [-0.05, 0) is 43.4 Å². The molecule has 110 valence electrons. The third-order valence-electron chi connectivity index (χ3n) is 4.14. The van der Waals surface area contributed by atoms with E-state index in [0.29, 0.717) is 6.54 Å². The Morgan fingerprint density at radius 3 is 2.55 bits per heavy atom. The molecule has 1 aliphatic rings. The third kappa shape index (κ3) is 4.60. The standard InChI is InChI=1S/C16H23BrN2O/c1-12-7-9-19(10-8-12)11-16(20)18-13(2)14-3-5-15(17)6-4-14/h3-6,12-13H,7-11H2,1-2H3,(H,18,20)/p+1/t13-/m1/s1. The summed E-state index contributed by atoms with van der Waals surface area (Å²) in [4.78, 5) is 13.5. The molecule has 2 rings (SSSR count). The van der Waals surface area contributed by atoms with E-state index in [9.17, 15) is 4.79 Å². The molecule has 4 heteroatoms. The molecule has 1 amide bonds. The second-order valence-corrected chi connectivity index (χ2v) is 6.87. The zero-order valence-electron chi connectivity index (χ0n) is 12.3. The van der Waals surface area contributed by atoms with Crippen molar-refractivity contribution >= 4 is 21.8 Å². The van der Waals surface area contributed by atoms with Crippen LogP contribution in [0.5, 0.6) is 0 Å². The lowest BCUT2D eigenvalue weighted by Gasteiger charge is -2.27. The Morgan fingerprint density at radius 1 is 1.35 bits per heavy atom. The molecule has 1 aromatic carbocycles. The van der Waals surface area contributed by atoms with Crippen molar-refractivity contribution in [2.45, 2.75) is 32.7 Å². The molecule has 1 fully saturated rings. The Bertz CT molecular complexity index is 438. The third-order valence-corrected chi connectivity index (χ3v) is 4.67. The number of carbonyl (C=O) groups excluding carboxylic acids is 1. The van der Waals surface area contributed by atoms with E-state index in [1.807, 2.05) is 31.2 Å². The fourth-order valence-electron chi connectivity index (χ4n) is 2.70. The Balaban J connectivity index is 1.80. The summed E-state index contributed by atoms with van der Waals surface area (Å²) in [5.74, 6) is 0.980. The van der Waals surface area contributed by atoms with Gasteiger partial charge in [0.25, 0.3) is 5.91 Å². The Labute approximate surface area is 129 Å². The van der Waals surface area contributed by atoms with E-state index < -0.39 is 0 Å². The van der Waals surface area contributed by atoms with Gasteiger partial charge in [0, 0.05) is 4.47 Å². The highest BCUT2D eigenvalue weighted by Crippen LogP contribution is 2.16. The number of hydrogen-bond acceptors (Lipinski definition) is 1. The molecule has 0 aliphatic carbocycles. The van der Waals surface area contributed by atoms with Gasteiger partial charge in [0.15, 0.2) is 6.54 Å². The maximum absolute atomic E-state index is 12.1. The molecule has 0 unspecified atom stereocenters. The Morgan fingerprint density at radius 2 is 1.95 bits per heavy atom. The zero-order chi connectivity index (χ0) is 14.5. The first-order valence-electron chi connectivity index (χ1n) is 7.43. The summed E-state index contributed by atoms with van der Waals surface area (Å²) in [5.41, 5.74) is 1.14. The average Bonchev–Trinajstić information content (AvgIpc) is 2.42. The number of amides is 1. The molecule has 0 saturated carbocycles. The minimum atomic E-state index is 0.0683. The van der Waals surface area contributed by atoms with Gasteiger partial charge in [0.1, 0.15) is 0 Å². The zero-order valence-corrected chi connectivity index (χ0v) is 13.9. The number of benzene rings is 1. The first-order chi connectivity index (χ1) is 9.54. The maximum atomic E-state index is 12.1. The highest BCUT2D eigenvalue weighted by atomic mass is 79.9. The van der Waals surface area contributed by atoms with E-state index in [4.69, 9.17) is 0 Å². The fraction of sp³-hybridized carbons (Fsp3) is 0.562. The van der Waals surface area contributed by atoms with Gasteiger partial charge in [-0.1, -0.05) is 35.0 Å². The lowest BCUT2D eigenvalue weighted by atomic mass is 9.99. The monoisotopic (exact) mass is 339 g/mol. The van der Waals surface area contributed by atoms with Crippen molar-refractivity contribution in [3.63, 3.8) is 0 Å². The van der Waals surface area contributed by atoms with Gasteiger partial charge >= 0.3 is 0 Å². The van der Waals surface area contributed by atoms with Gasteiger partial charge < -0.3 is 10.2 Å². The molecular formula is C16H24BrN2O+. The second-order valence-electron chi connectivity index (χ2n) is 5.95. The summed E-state index contributed by atoms with van der Waals surface area (Å²) in [7, 11) is 0. The number of hydrogen-bond donors (Lipinski definition) is 2. The van der Waals surface area contributed by atoms with E-state index in [-0.39, 0.29) is 11.9 Å². The summed E-state index contributed by atoms with van der Waals surface area (Å²) in [6.45, 7) is 7.19. The van der Waals surface area contributed by atoms with Gasteiger partial charge in [0.05, 0.1) is 19.1 Å². The minimum Gasteiger partial charge on any atom is -0.345 e. The maximum Gasteiger partial charge on any atom is 0.275 e. The van der Waals surface area contributed by atoms with Crippen LogP contribution >= 0.6 is 15.9 Å². The van der Waals surface area contributed by atoms with Crippen molar-refractivity contribution in [2.24, 2.45) is 5.92 Å². The SMILES string of the molecule is CC1CC[NH+](CC(=O)N[C@H](C)c2ccc(Br)cc2)CC1. The predicted molar refractivity (Wildman–Crippen MR) is 84.7 cm³/mol. The second kappa shape index (κ2) is 7.23. The molecule has 1 aliphatic heterocycles. The number of nitrogens with one attached hydrogen (secondary N) is 2. The molecule has 0 bridgehead atoms. The predicted octanol–water partition coefficient (Wildman–Crippen LogP) is 1.94. The first-order valence-corrected chi connectivity index (χ1v) is 8.22. The van der Waals surface area contributed by atoms with Gasteiger partial charge in [-0.2, -0.15) is 0 Å². The fourth-order valence-corrected chi connectivity index (χ4v) is 2.97. The molecule has 0 spiro atoms. The molecular weight excluding hydrogens is 316 g/mol. The van der Waals surface area contributed by atoms with Crippen LogP contribution in [0, 0.1) is 5.92 Å². The van der Waals surface area contributed by atoms with E-state index in [0.717, 1.165) is 29.0 Å². The van der Waals surface area contributed by atoms with E-state index in [1.54, 1.807) is 0 Å². The Hall–Kier alpha value is -0.870. The van der Waals surface area contributed by atoms with Crippen LogP contribution in [0.1, 0.15) is 38.3 Å². The molecule has 0 aromatic heterocycles. The number of quaternary nitrogens is 1. The summed E-state index contributed by atoms with van der Waals surface area (Å²) >= 11 is 3.43. The lowest BCUT2D eigenvalue weighted by Crippen LogP contribution is -3.14. The van der Waals surface area contributed by atoms with Crippen LogP contribution in [-0.4, -0.2) is 25.5 Å². The molecule has 1 aromatic rings. The van der Waals surface area contributed by atoms with Crippen molar-refractivity contribution in [2.75, 3.05) is 19.6 Å². The molecule has 1 saturated heterocycles. The number of likely N-dealkylation sites (tertiary alicyclic amines) is 1. The van der Waals surface area contributed by atoms with Gasteiger partial charge in [-0.15, -0.1) is 0 Å². The summed E-state index contributed by atoms with van der Waals surface area (Å²) in [5, 5.41) is 3.10. The topological polar surface area (TPSA) is 33.5 Å². The number of piperidine rings is 1. The summed E-state index contributed by atoms with van der Waals surface area (Å²) in [6.07, 6.45) is 2.48. The van der Waals surface area contributed by atoms with Crippen molar-refractivity contribution in [1.82, 2.24) is 5.32 Å². The van der Waals surface area contributed by atoms with Crippen LogP contribution in [0.2, 0.25) is 0 Å². The highest BCUT2D eigenvalue weighted by molar-refractivity contribution is 9.10. The number of halogens is 1. The van der Waals surface area contributed by atoms with Crippen LogP contribution in [0.15, 0.2) is 28.7 Å². The quantitative estimate of drug-likeness (QED) is 0.863. The number of rotatable bonds is 4. The van der Waals surface area contributed by atoms with Crippen LogP contribution in [0.3, 0.4) is 0 Å². The molecule has 0 radical (unpaired) electrons. The van der Waals surface area contributed by atoms with Crippen LogP contribution in [0.4, 0.5) is 0 Å². The molecule has 1 heterocycles. The first kappa shape index (κ1) is 15.5. The average molecular weight is 340 g/mol. The number of carbonyl (C=O) groups is 1. The van der Waals surface area contributed by atoms with E-state index in [1.165, 1.54) is 17.7 Å². The van der Waals surface area contributed by atoms with Gasteiger partial charge in [0.2, 0.25) is 0 Å². The lowest BCUT2D eigenvalue weighted by molar-refractivity contribution is -0.898. The van der Waals surface area contributed by atoms with Gasteiger partial charge in [-0.25, -0.2) is 0 Å². The van der Waals surface area contributed by atoms with Crippen LogP contribution in [-0.2, 0) is 4.79 Å². The Kier molecular flexibility index (Phi) is 5.61. The normalized spacial score (nSPS) is 24.1. The van der Waals surface area contributed by atoms with Crippen molar-refractivity contribution in [1.29, 1.82) is 0 Å². The van der Waals surface area contributed by atoms with Crippen molar-refractivity contribution < 1.29 is 9.69 Å². The van der Waals surface area contributed by atoms with Crippen molar-refractivity contribution in [3.05, 3.63) is 34.3 Å². The molecule has 3 nitrogen and oxygen atoms in total. The van der Waals surface area contributed by atoms with E-state index >= 15 is 0 Å². The minimum absolute atomic E-state index is 0.0683. The van der Waals surface area contributed by atoms with Crippen LogP contribution < -0.4 is 10.2 Å². The summed E-state index contributed by atoms with van der Waals surface area (Å²) in [6, 6.07) is 8.18.